The summed E-state index contributed by atoms with van der Waals surface area (Å²) in [4.78, 5) is 12.2. The first-order chi connectivity index (χ1) is 11.3. The number of aromatic nitrogens is 2. The van der Waals surface area contributed by atoms with E-state index in [0.29, 0.717) is 25.2 Å². The van der Waals surface area contributed by atoms with Gasteiger partial charge in [0.15, 0.2) is 0 Å². The molecule has 0 radical (unpaired) electrons. The second-order valence-corrected chi connectivity index (χ2v) is 8.15. The van der Waals surface area contributed by atoms with Crippen LogP contribution in [0.2, 0.25) is 10.0 Å². The summed E-state index contributed by atoms with van der Waals surface area (Å²) in [6, 6.07) is 5.68. The summed E-state index contributed by atoms with van der Waals surface area (Å²) in [5, 5.41) is 3.81. The van der Waals surface area contributed by atoms with Crippen molar-refractivity contribution in [1.29, 1.82) is 0 Å². The lowest BCUT2D eigenvalue weighted by atomic mass is 10.3. The number of sulfonamides is 1. The molecule has 24 heavy (non-hydrogen) atoms. The molecule has 0 aliphatic carbocycles. The van der Waals surface area contributed by atoms with Gasteiger partial charge in [0, 0.05) is 19.1 Å². The molecule has 3 rings (SSSR count). The molecule has 0 spiro atoms. The molecule has 0 bridgehead atoms. The molecule has 1 aliphatic rings. The van der Waals surface area contributed by atoms with E-state index in [9.17, 15) is 13.2 Å². The average Bonchev–Trinajstić information content (AvgIpc) is 3.00. The Labute approximate surface area is 148 Å². The van der Waals surface area contributed by atoms with Crippen LogP contribution >= 0.6 is 23.2 Å². The highest BCUT2D eigenvalue weighted by molar-refractivity contribution is 7.89. The second kappa shape index (κ2) is 6.45. The van der Waals surface area contributed by atoms with Gasteiger partial charge in [0.2, 0.25) is 10.0 Å². The first-order valence-corrected chi connectivity index (χ1v) is 9.30. The van der Waals surface area contributed by atoms with Crippen molar-refractivity contribution in [3.05, 3.63) is 50.9 Å². The van der Waals surface area contributed by atoms with Crippen molar-refractivity contribution in [3.8, 4) is 5.69 Å². The normalized spacial score (nSPS) is 18.9. The number of nitrogens with zero attached hydrogens (tertiary/aromatic N) is 3. The molecule has 128 valence electrons. The third-order valence-electron chi connectivity index (χ3n) is 3.78. The summed E-state index contributed by atoms with van der Waals surface area (Å²) in [7, 11) is -3.60. The number of hydrogen-bond donors (Lipinski definition) is 1. The number of halogens is 2. The molecule has 1 aromatic heterocycles. The van der Waals surface area contributed by atoms with Crippen molar-refractivity contribution in [2.45, 2.75) is 17.4 Å². The third-order valence-corrected chi connectivity index (χ3v) is 6.41. The molecule has 1 aromatic carbocycles. The molecule has 1 aliphatic heterocycles. The summed E-state index contributed by atoms with van der Waals surface area (Å²) >= 11 is 11.6. The van der Waals surface area contributed by atoms with Crippen LogP contribution in [0.5, 0.6) is 0 Å². The standard InChI is InChI=1S/C14H14Cl2N4O3S/c15-12-7-18-20(14(21)13(12)16)10-1-3-11(4-2-10)24(22,23)19-6-5-9(17)8-19/h1-4,7,9H,5-6,8,17H2/t9-/m1/s1. The predicted molar refractivity (Wildman–Crippen MR) is 91.2 cm³/mol. The molecule has 0 saturated carbocycles. The topological polar surface area (TPSA) is 98.3 Å². The SMILES string of the molecule is N[C@@H]1CCN(S(=O)(=O)c2ccc(-n3ncc(Cl)c(Cl)c3=O)cc2)C1. The van der Waals surface area contributed by atoms with Gasteiger partial charge in [-0.25, -0.2) is 8.42 Å². The van der Waals surface area contributed by atoms with Gasteiger partial charge in [0.1, 0.15) is 5.02 Å². The maximum absolute atomic E-state index is 12.5. The smallest absolute Gasteiger partial charge is 0.291 e. The zero-order valence-electron chi connectivity index (χ0n) is 12.4. The van der Waals surface area contributed by atoms with Crippen LogP contribution < -0.4 is 11.3 Å². The highest BCUT2D eigenvalue weighted by atomic mass is 35.5. The zero-order chi connectivity index (χ0) is 17.5. The molecule has 10 heteroatoms. The molecular formula is C14H14Cl2N4O3S. The number of hydrogen-bond acceptors (Lipinski definition) is 5. The minimum absolute atomic E-state index is 0.0579. The highest BCUT2D eigenvalue weighted by Gasteiger charge is 2.30. The lowest BCUT2D eigenvalue weighted by Gasteiger charge is -2.16. The third kappa shape index (κ3) is 3.07. The lowest BCUT2D eigenvalue weighted by molar-refractivity contribution is 0.472. The van der Waals surface area contributed by atoms with Crippen molar-refractivity contribution >= 4 is 33.2 Å². The minimum atomic E-state index is -3.60. The molecule has 1 fully saturated rings. The number of benzene rings is 1. The van der Waals surface area contributed by atoms with Crippen molar-refractivity contribution in [2.75, 3.05) is 13.1 Å². The number of nitrogens with two attached hydrogens (primary N) is 1. The molecule has 7 nitrogen and oxygen atoms in total. The van der Waals surface area contributed by atoms with Crippen LogP contribution in [-0.2, 0) is 10.0 Å². The number of rotatable bonds is 3. The van der Waals surface area contributed by atoms with E-state index in [1.165, 1.54) is 34.8 Å². The fourth-order valence-corrected chi connectivity index (χ4v) is 4.24. The Morgan fingerprint density at radius 3 is 2.46 bits per heavy atom. The predicted octanol–water partition coefficient (Wildman–Crippen LogP) is 1.26. The Morgan fingerprint density at radius 1 is 1.21 bits per heavy atom. The molecule has 0 unspecified atom stereocenters. The minimum Gasteiger partial charge on any atom is -0.326 e. The largest absolute Gasteiger partial charge is 0.326 e. The van der Waals surface area contributed by atoms with Gasteiger partial charge in [-0.05, 0) is 30.7 Å². The van der Waals surface area contributed by atoms with Gasteiger partial charge in [-0.15, -0.1) is 0 Å². The lowest BCUT2D eigenvalue weighted by Crippen LogP contribution is -2.32. The van der Waals surface area contributed by atoms with E-state index >= 15 is 0 Å². The Hall–Kier alpha value is -1.45. The average molecular weight is 389 g/mol. The Kier molecular flexibility index (Phi) is 4.67. The van der Waals surface area contributed by atoms with Crippen molar-refractivity contribution < 1.29 is 8.42 Å². The molecular weight excluding hydrogens is 375 g/mol. The van der Waals surface area contributed by atoms with Crippen molar-refractivity contribution in [3.63, 3.8) is 0 Å². The Balaban J connectivity index is 1.94. The van der Waals surface area contributed by atoms with Crippen LogP contribution in [0.3, 0.4) is 0 Å². The summed E-state index contributed by atoms with van der Waals surface area (Å²) in [6.07, 6.45) is 1.89. The quantitative estimate of drug-likeness (QED) is 0.852. The van der Waals surface area contributed by atoms with Crippen LogP contribution in [0, 0.1) is 0 Å². The molecule has 2 heterocycles. The highest BCUT2D eigenvalue weighted by Crippen LogP contribution is 2.22. The summed E-state index contributed by atoms with van der Waals surface area (Å²) in [5.41, 5.74) is 5.57. The van der Waals surface area contributed by atoms with E-state index in [1.807, 2.05) is 0 Å². The fourth-order valence-electron chi connectivity index (χ4n) is 2.48. The van der Waals surface area contributed by atoms with Gasteiger partial charge in [0.05, 0.1) is 21.8 Å². The van der Waals surface area contributed by atoms with Gasteiger partial charge in [-0.2, -0.15) is 14.1 Å². The molecule has 0 amide bonds. The molecule has 1 saturated heterocycles. The summed E-state index contributed by atoms with van der Waals surface area (Å²) < 4.78 is 27.5. The maximum Gasteiger partial charge on any atom is 0.291 e. The van der Waals surface area contributed by atoms with Crippen LogP contribution in [0.15, 0.2) is 40.2 Å². The van der Waals surface area contributed by atoms with E-state index in [0.717, 1.165) is 4.68 Å². The van der Waals surface area contributed by atoms with Gasteiger partial charge in [-0.1, -0.05) is 23.2 Å². The maximum atomic E-state index is 12.5. The fraction of sp³-hybridized carbons (Fsp3) is 0.286. The molecule has 2 aromatic rings. The molecule has 1 atom stereocenters. The van der Waals surface area contributed by atoms with E-state index in [-0.39, 0.29) is 21.0 Å². The zero-order valence-corrected chi connectivity index (χ0v) is 14.7. The Morgan fingerprint density at radius 2 is 1.88 bits per heavy atom. The van der Waals surface area contributed by atoms with E-state index < -0.39 is 15.6 Å². The molecule has 2 N–H and O–H groups in total. The summed E-state index contributed by atoms with van der Waals surface area (Å²) in [6.45, 7) is 0.705. The van der Waals surface area contributed by atoms with Gasteiger partial charge in [0.25, 0.3) is 5.56 Å². The van der Waals surface area contributed by atoms with Crippen molar-refractivity contribution in [2.24, 2.45) is 5.73 Å². The van der Waals surface area contributed by atoms with Gasteiger partial charge >= 0.3 is 0 Å². The van der Waals surface area contributed by atoms with E-state index in [4.69, 9.17) is 28.9 Å². The first-order valence-electron chi connectivity index (χ1n) is 7.10. The second-order valence-electron chi connectivity index (χ2n) is 5.43. The van der Waals surface area contributed by atoms with Crippen LogP contribution in [0.25, 0.3) is 5.69 Å². The van der Waals surface area contributed by atoms with E-state index in [1.54, 1.807) is 0 Å². The van der Waals surface area contributed by atoms with Crippen molar-refractivity contribution in [1.82, 2.24) is 14.1 Å². The monoisotopic (exact) mass is 388 g/mol. The van der Waals surface area contributed by atoms with Crippen LogP contribution in [0.1, 0.15) is 6.42 Å². The summed E-state index contributed by atoms with van der Waals surface area (Å²) in [5.74, 6) is 0. The van der Waals surface area contributed by atoms with Crippen LogP contribution in [0.4, 0.5) is 0 Å². The first kappa shape index (κ1) is 17.4. The van der Waals surface area contributed by atoms with Gasteiger partial charge in [-0.3, -0.25) is 4.79 Å². The van der Waals surface area contributed by atoms with E-state index in [2.05, 4.69) is 5.10 Å². The van der Waals surface area contributed by atoms with Gasteiger partial charge < -0.3 is 5.73 Å². The Bertz CT molecular complexity index is 928. The van der Waals surface area contributed by atoms with Crippen LogP contribution in [-0.4, -0.2) is 41.6 Å².